The van der Waals surface area contributed by atoms with Crippen molar-refractivity contribution in [2.75, 3.05) is 5.73 Å². The van der Waals surface area contributed by atoms with Gasteiger partial charge >= 0.3 is 0 Å². The van der Waals surface area contributed by atoms with E-state index < -0.39 is 0 Å². The summed E-state index contributed by atoms with van der Waals surface area (Å²) in [6.07, 6.45) is 0.377. The van der Waals surface area contributed by atoms with Crippen molar-refractivity contribution in [3.8, 4) is 0 Å². The Morgan fingerprint density at radius 3 is 2.75 bits per heavy atom. The second-order valence-electron chi connectivity index (χ2n) is 5.17. The summed E-state index contributed by atoms with van der Waals surface area (Å²) >= 11 is 0. The van der Waals surface area contributed by atoms with E-state index in [0.29, 0.717) is 18.9 Å². The van der Waals surface area contributed by atoms with Gasteiger partial charge in [-0.2, -0.15) is 5.10 Å². The molecule has 2 heterocycles. The fourth-order valence-corrected chi connectivity index (χ4v) is 2.29. The Morgan fingerprint density at radius 1 is 1.45 bits per heavy atom. The molecule has 0 aromatic carbocycles. The zero-order chi connectivity index (χ0) is 14.9. The summed E-state index contributed by atoms with van der Waals surface area (Å²) in [7, 11) is 0. The van der Waals surface area contributed by atoms with Crippen molar-refractivity contribution >= 4 is 23.0 Å². The predicted molar refractivity (Wildman–Crippen MR) is 78.2 cm³/mol. The largest absolute Gasteiger partial charge is 0.369 e. The Balaban J connectivity index is 2.25. The van der Waals surface area contributed by atoms with Crippen molar-refractivity contribution in [2.45, 2.75) is 53.2 Å². The van der Waals surface area contributed by atoms with Crippen LogP contribution in [0.1, 0.15) is 32.9 Å². The molecule has 7 nitrogen and oxygen atoms in total. The second kappa shape index (κ2) is 5.52. The number of aryl methyl sites for hydroxylation is 3. The molecule has 0 aliphatic heterocycles. The number of imidazole rings is 1. The van der Waals surface area contributed by atoms with E-state index in [1.54, 1.807) is 0 Å². The SMILES string of the molecule is CCn1nc(C)c2nc(N)n(CCC(=O)NC(C)C)c21. The third-order valence-electron chi connectivity index (χ3n) is 3.14. The third kappa shape index (κ3) is 2.61. The number of carbonyl (C=O) groups excluding carboxylic acids is 1. The highest BCUT2D eigenvalue weighted by atomic mass is 16.1. The Hall–Kier alpha value is -2.05. The normalized spacial score (nSPS) is 11.4. The van der Waals surface area contributed by atoms with Crippen LogP contribution in [0.4, 0.5) is 5.95 Å². The van der Waals surface area contributed by atoms with Gasteiger partial charge in [0.1, 0.15) is 5.52 Å². The van der Waals surface area contributed by atoms with Crippen LogP contribution in [0, 0.1) is 6.92 Å². The molecule has 0 unspecified atom stereocenters. The minimum Gasteiger partial charge on any atom is -0.369 e. The molecule has 2 aromatic rings. The molecule has 0 saturated heterocycles. The lowest BCUT2D eigenvalue weighted by atomic mass is 10.3. The number of amides is 1. The highest BCUT2D eigenvalue weighted by Gasteiger charge is 2.17. The summed E-state index contributed by atoms with van der Waals surface area (Å²) in [6.45, 7) is 9.07. The molecule has 0 radical (unpaired) electrons. The zero-order valence-electron chi connectivity index (χ0n) is 12.5. The minimum atomic E-state index is 0.0144. The average Bonchev–Trinajstić information content (AvgIpc) is 2.84. The number of nitrogen functional groups attached to an aromatic ring is 1. The zero-order valence-corrected chi connectivity index (χ0v) is 12.5. The van der Waals surface area contributed by atoms with Crippen molar-refractivity contribution in [3.05, 3.63) is 5.69 Å². The van der Waals surface area contributed by atoms with E-state index in [2.05, 4.69) is 15.4 Å². The van der Waals surface area contributed by atoms with Crippen LogP contribution < -0.4 is 11.1 Å². The molecule has 110 valence electrons. The van der Waals surface area contributed by atoms with Gasteiger partial charge in [-0.25, -0.2) is 9.67 Å². The minimum absolute atomic E-state index is 0.0144. The highest BCUT2D eigenvalue weighted by Crippen LogP contribution is 2.21. The van der Waals surface area contributed by atoms with Crippen LogP contribution in [-0.4, -0.2) is 31.3 Å². The fourth-order valence-electron chi connectivity index (χ4n) is 2.29. The van der Waals surface area contributed by atoms with Gasteiger partial charge in [0.2, 0.25) is 11.9 Å². The van der Waals surface area contributed by atoms with Crippen LogP contribution in [0.3, 0.4) is 0 Å². The standard InChI is InChI=1S/C13H22N6O/c1-5-19-12-11(9(4)17-19)16-13(14)18(12)7-6-10(20)15-8(2)3/h8H,5-7H2,1-4H3,(H2,14,16)(H,15,20). The average molecular weight is 278 g/mol. The molecular weight excluding hydrogens is 256 g/mol. The third-order valence-corrected chi connectivity index (χ3v) is 3.14. The van der Waals surface area contributed by atoms with Gasteiger partial charge in [0.15, 0.2) is 5.65 Å². The maximum atomic E-state index is 11.7. The molecule has 3 N–H and O–H groups in total. The smallest absolute Gasteiger partial charge is 0.221 e. The number of nitrogens with one attached hydrogen (secondary N) is 1. The molecule has 7 heteroatoms. The predicted octanol–water partition coefficient (Wildman–Crippen LogP) is 1.06. The quantitative estimate of drug-likeness (QED) is 0.855. The molecule has 0 aliphatic rings. The van der Waals surface area contributed by atoms with E-state index >= 15 is 0 Å². The van der Waals surface area contributed by atoms with Gasteiger partial charge in [-0.05, 0) is 27.7 Å². The molecule has 1 amide bonds. The molecular formula is C13H22N6O. The number of anilines is 1. The topological polar surface area (TPSA) is 90.8 Å². The first kappa shape index (κ1) is 14.4. The number of nitrogens with zero attached hydrogens (tertiary/aromatic N) is 4. The lowest BCUT2D eigenvalue weighted by molar-refractivity contribution is -0.121. The van der Waals surface area contributed by atoms with Gasteiger partial charge in [-0.3, -0.25) is 9.36 Å². The summed E-state index contributed by atoms with van der Waals surface area (Å²) in [5.41, 5.74) is 8.52. The lowest BCUT2D eigenvalue weighted by Crippen LogP contribution is -2.30. The number of hydrogen-bond donors (Lipinski definition) is 2. The van der Waals surface area contributed by atoms with E-state index in [-0.39, 0.29) is 11.9 Å². The molecule has 0 saturated carbocycles. The van der Waals surface area contributed by atoms with Crippen molar-refractivity contribution in [1.82, 2.24) is 24.6 Å². The van der Waals surface area contributed by atoms with Gasteiger partial charge in [0.05, 0.1) is 5.69 Å². The Morgan fingerprint density at radius 2 is 2.15 bits per heavy atom. The first-order chi connectivity index (χ1) is 9.43. The van der Waals surface area contributed by atoms with Crippen molar-refractivity contribution in [3.63, 3.8) is 0 Å². The van der Waals surface area contributed by atoms with E-state index in [1.807, 2.05) is 36.9 Å². The molecule has 0 aliphatic carbocycles. The van der Waals surface area contributed by atoms with Gasteiger partial charge < -0.3 is 11.1 Å². The number of carbonyl (C=O) groups is 1. The monoisotopic (exact) mass is 278 g/mol. The van der Waals surface area contributed by atoms with Gasteiger partial charge in [-0.1, -0.05) is 0 Å². The summed E-state index contributed by atoms with van der Waals surface area (Å²) < 4.78 is 3.73. The van der Waals surface area contributed by atoms with Crippen LogP contribution >= 0.6 is 0 Å². The van der Waals surface area contributed by atoms with Crippen LogP contribution in [-0.2, 0) is 17.9 Å². The molecule has 20 heavy (non-hydrogen) atoms. The number of fused-ring (bicyclic) bond motifs is 1. The second-order valence-corrected chi connectivity index (χ2v) is 5.17. The molecule has 0 spiro atoms. The van der Waals surface area contributed by atoms with Crippen molar-refractivity contribution in [2.24, 2.45) is 0 Å². The van der Waals surface area contributed by atoms with Crippen LogP contribution in [0.2, 0.25) is 0 Å². The Kier molecular flexibility index (Phi) is 3.96. The number of nitrogens with two attached hydrogens (primary N) is 1. The molecule has 2 rings (SSSR count). The van der Waals surface area contributed by atoms with Crippen molar-refractivity contribution < 1.29 is 4.79 Å². The number of aromatic nitrogens is 4. The molecule has 0 fully saturated rings. The fraction of sp³-hybridized carbons (Fsp3) is 0.615. The van der Waals surface area contributed by atoms with E-state index in [1.165, 1.54) is 0 Å². The Labute approximate surface area is 118 Å². The van der Waals surface area contributed by atoms with Crippen LogP contribution in [0.15, 0.2) is 0 Å². The summed E-state index contributed by atoms with van der Waals surface area (Å²) in [6, 6.07) is 0.145. The maximum Gasteiger partial charge on any atom is 0.221 e. The van der Waals surface area contributed by atoms with E-state index in [0.717, 1.165) is 23.4 Å². The summed E-state index contributed by atoms with van der Waals surface area (Å²) in [5.74, 6) is 0.445. The van der Waals surface area contributed by atoms with Crippen molar-refractivity contribution in [1.29, 1.82) is 0 Å². The van der Waals surface area contributed by atoms with Crippen LogP contribution in [0.25, 0.3) is 11.2 Å². The van der Waals surface area contributed by atoms with E-state index in [4.69, 9.17) is 5.73 Å². The summed E-state index contributed by atoms with van der Waals surface area (Å²) in [4.78, 5) is 16.1. The van der Waals surface area contributed by atoms with E-state index in [9.17, 15) is 4.79 Å². The van der Waals surface area contributed by atoms with Crippen LogP contribution in [0.5, 0.6) is 0 Å². The number of rotatable bonds is 5. The number of hydrogen-bond acceptors (Lipinski definition) is 4. The molecule has 2 aromatic heterocycles. The Bertz CT molecular complexity index is 624. The summed E-state index contributed by atoms with van der Waals surface area (Å²) in [5, 5.41) is 7.29. The first-order valence-electron chi connectivity index (χ1n) is 6.92. The highest BCUT2D eigenvalue weighted by molar-refractivity contribution is 5.79. The molecule has 0 bridgehead atoms. The van der Waals surface area contributed by atoms with Gasteiger partial charge in [0, 0.05) is 25.6 Å². The lowest BCUT2D eigenvalue weighted by Gasteiger charge is -2.10. The van der Waals surface area contributed by atoms with Gasteiger partial charge in [0.25, 0.3) is 0 Å². The van der Waals surface area contributed by atoms with Gasteiger partial charge in [-0.15, -0.1) is 0 Å². The molecule has 0 atom stereocenters. The maximum absolute atomic E-state index is 11.7. The first-order valence-corrected chi connectivity index (χ1v) is 6.92.